The smallest absolute Gasteiger partial charge is 0.338 e. The Morgan fingerprint density at radius 1 is 1.13 bits per heavy atom. The molecule has 0 aromatic heterocycles. The van der Waals surface area contributed by atoms with Gasteiger partial charge in [0.2, 0.25) is 0 Å². The lowest BCUT2D eigenvalue weighted by atomic mass is 9.60. The van der Waals surface area contributed by atoms with Crippen LogP contribution in [-0.4, -0.2) is 19.3 Å². The predicted molar refractivity (Wildman–Crippen MR) is 121 cm³/mol. The molecule has 2 fully saturated rings. The second-order valence-electron chi connectivity index (χ2n) is 9.60. The van der Waals surface area contributed by atoms with Crippen molar-refractivity contribution in [3.8, 4) is 0 Å². The molecule has 0 amide bonds. The minimum absolute atomic E-state index is 0.120. The van der Waals surface area contributed by atoms with E-state index in [4.69, 9.17) is 4.74 Å². The first kappa shape index (κ1) is 22.2. The van der Waals surface area contributed by atoms with Crippen LogP contribution in [0.25, 0.3) is 10.8 Å². The second-order valence-corrected chi connectivity index (χ2v) is 9.60. The van der Waals surface area contributed by atoms with E-state index in [9.17, 15) is 4.79 Å². The van der Waals surface area contributed by atoms with Crippen molar-refractivity contribution in [2.75, 3.05) is 7.11 Å². The van der Waals surface area contributed by atoms with Crippen LogP contribution in [-0.2, 0) is 10.4 Å². The number of fused-ring (bicyclic) bond motifs is 2. The number of methoxy groups -OCH3 is 1. The largest absolute Gasteiger partial charge is 0.465 e. The first-order valence-electron chi connectivity index (χ1n) is 11.9. The highest BCUT2D eigenvalue weighted by molar-refractivity contribution is 5.99. The van der Waals surface area contributed by atoms with E-state index in [0.29, 0.717) is 17.7 Å². The van der Waals surface area contributed by atoms with E-state index in [2.05, 4.69) is 6.92 Å². The average Bonchev–Trinajstić information content (AvgIpc) is 2.80. The summed E-state index contributed by atoms with van der Waals surface area (Å²) in [5.41, 5.74) is -1.83. The summed E-state index contributed by atoms with van der Waals surface area (Å²) in [6, 6.07) is 10.7. The topological polar surface area (TPSA) is 26.3 Å². The second kappa shape index (κ2) is 9.26. The number of alkyl halides is 2. The molecule has 0 saturated heterocycles. The fourth-order valence-corrected chi connectivity index (χ4v) is 6.18. The number of hydrogen-bond acceptors (Lipinski definition) is 2. The summed E-state index contributed by atoms with van der Waals surface area (Å²) in [6.45, 7) is 2.21. The van der Waals surface area contributed by atoms with Crippen molar-refractivity contribution in [2.24, 2.45) is 17.8 Å². The SMILES string of the molecule is CCCCCC1CCC2C(CCC(F)(c3c(C(=O)OC)ccc4ccccc34)C2F)C1. The maximum Gasteiger partial charge on any atom is 0.338 e. The zero-order valence-corrected chi connectivity index (χ0v) is 18.7. The summed E-state index contributed by atoms with van der Waals surface area (Å²) in [4.78, 5) is 12.5. The van der Waals surface area contributed by atoms with Crippen LogP contribution in [0.3, 0.4) is 0 Å². The average molecular weight is 429 g/mol. The minimum atomic E-state index is -2.17. The Morgan fingerprint density at radius 3 is 2.71 bits per heavy atom. The quantitative estimate of drug-likeness (QED) is 0.351. The van der Waals surface area contributed by atoms with Gasteiger partial charge in [0, 0.05) is 5.56 Å². The molecule has 2 nitrogen and oxygen atoms in total. The van der Waals surface area contributed by atoms with Crippen LogP contribution in [0, 0.1) is 17.8 Å². The molecule has 0 spiro atoms. The van der Waals surface area contributed by atoms with Crippen LogP contribution in [0.2, 0.25) is 0 Å². The number of rotatable bonds is 6. The maximum absolute atomic E-state index is 16.7. The molecule has 0 aliphatic heterocycles. The third-order valence-electron chi connectivity index (χ3n) is 7.81. The molecule has 0 heterocycles. The third-order valence-corrected chi connectivity index (χ3v) is 7.81. The number of benzene rings is 2. The van der Waals surface area contributed by atoms with Crippen molar-refractivity contribution in [1.82, 2.24) is 0 Å². The van der Waals surface area contributed by atoms with Crippen molar-refractivity contribution >= 4 is 16.7 Å². The van der Waals surface area contributed by atoms with Crippen LogP contribution < -0.4 is 0 Å². The highest BCUT2D eigenvalue weighted by Gasteiger charge is 2.54. The van der Waals surface area contributed by atoms with Crippen LogP contribution in [0.5, 0.6) is 0 Å². The zero-order chi connectivity index (χ0) is 22.0. The van der Waals surface area contributed by atoms with Crippen molar-refractivity contribution in [1.29, 1.82) is 0 Å². The van der Waals surface area contributed by atoms with Gasteiger partial charge in [-0.15, -0.1) is 0 Å². The molecule has 2 saturated carbocycles. The molecule has 2 aromatic rings. The molecule has 0 bridgehead atoms. The van der Waals surface area contributed by atoms with Gasteiger partial charge in [-0.1, -0.05) is 69.4 Å². The van der Waals surface area contributed by atoms with Crippen molar-refractivity contribution in [3.63, 3.8) is 0 Å². The lowest BCUT2D eigenvalue weighted by Crippen LogP contribution is -2.48. The molecule has 5 atom stereocenters. The monoisotopic (exact) mass is 428 g/mol. The molecule has 31 heavy (non-hydrogen) atoms. The minimum Gasteiger partial charge on any atom is -0.465 e. The van der Waals surface area contributed by atoms with Crippen LogP contribution in [0.15, 0.2) is 36.4 Å². The van der Waals surface area contributed by atoms with Crippen LogP contribution >= 0.6 is 0 Å². The molecular formula is C27H34F2O2. The molecule has 0 N–H and O–H groups in total. The first-order chi connectivity index (χ1) is 15.0. The maximum atomic E-state index is 16.7. The highest BCUT2D eigenvalue weighted by Crippen LogP contribution is 2.55. The predicted octanol–water partition coefficient (Wildman–Crippen LogP) is 7.54. The van der Waals surface area contributed by atoms with E-state index in [0.717, 1.165) is 24.6 Å². The number of ether oxygens (including phenoxy) is 1. The normalized spacial score (nSPS) is 30.7. The summed E-state index contributed by atoms with van der Waals surface area (Å²) >= 11 is 0. The summed E-state index contributed by atoms with van der Waals surface area (Å²) in [5, 5.41) is 1.43. The molecule has 5 unspecified atom stereocenters. The van der Waals surface area contributed by atoms with E-state index in [1.807, 2.05) is 18.2 Å². The number of esters is 1. The molecule has 0 radical (unpaired) electrons. The Balaban J connectivity index is 1.66. The van der Waals surface area contributed by atoms with E-state index in [-0.39, 0.29) is 29.4 Å². The van der Waals surface area contributed by atoms with Gasteiger partial charge in [-0.25, -0.2) is 13.6 Å². The van der Waals surface area contributed by atoms with Crippen LogP contribution in [0.4, 0.5) is 8.78 Å². The van der Waals surface area contributed by atoms with Crippen molar-refractivity contribution < 1.29 is 18.3 Å². The lowest BCUT2D eigenvalue weighted by molar-refractivity contribution is -0.0741. The first-order valence-corrected chi connectivity index (χ1v) is 11.9. The Bertz CT molecular complexity index is 927. The summed E-state index contributed by atoms with van der Waals surface area (Å²) < 4.78 is 37.7. The number of unbranched alkanes of at least 4 members (excludes halogenated alkanes) is 2. The summed E-state index contributed by atoms with van der Waals surface area (Å²) in [5.74, 6) is 0.0171. The Hall–Kier alpha value is -1.97. The Labute approximate surface area is 184 Å². The zero-order valence-electron chi connectivity index (χ0n) is 18.7. The van der Waals surface area contributed by atoms with Gasteiger partial charge >= 0.3 is 5.97 Å². The van der Waals surface area contributed by atoms with Crippen LogP contribution in [0.1, 0.15) is 80.6 Å². The fourth-order valence-electron chi connectivity index (χ4n) is 6.18. The van der Waals surface area contributed by atoms with Gasteiger partial charge in [-0.3, -0.25) is 0 Å². The lowest BCUT2D eigenvalue weighted by Gasteiger charge is -2.47. The van der Waals surface area contributed by atoms with Gasteiger partial charge < -0.3 is 4.74 Å². The Morgan fingerprint density at radius 2 is 1.94 bits per heavy atom. The molecule has 168 valence electrons. The molecular weight excluding hydrogens is 394 g/mol. The van der Waals surface area contributed by atoms with E-state index < -0.39 is 17.8 Å². The molecule has 2 aliphatic rings. The van der Waals surface area contributed by atoms with Gasteiger partial charge in [0.25, 0.3) is 0 Å². The standard InChI is InChI=1S/C27H34F2O2/c1-3-4-5-8-18-11-13-22-20(17-18)15-16-27(29,25(22)28)24-21-10-7-6-9-19(21)12-14-23(24)26(30)31-2/h6-7,9-10,12,14,18,20,22,25H,3-5,8,11,13,15-17H2,1-2H3. The van der Waals surface area contributed by atoms with Gasteiger partial charge in [0.1, 0.15) is 6.17 Å². The van der Waals surface area contributed by atoms with Gasteiger partial charge in [-0.05, 0) is 60.3 Å². The molecule has 2 aliphatic carbocycles. The number of carbonyl (C=O) groups is 1. The Kier molecular flexibility index (Phi) is 6.64. The van der Waals surface area contributed by atoms with E-state index in [1.165, 1.54) is 32.8 Å². The molecule has 2 aromatic carbocycles. The summed E-state index contributed by atoms with van der Waals surface area (Å²) in [7, 11) is 1.29. The van der Waals surface area contributed by atoms with Crippen molar-refractivity contribution in [2.45, 2.75) is 76.6 Å². The number of carbonyl (C=O) groups excluding carboxylic acids is 1. The van der Waals surface area contributed by atoms with Crippen molar-refractivity contribution in [3.05, 3.63) is 47.5 Å². The van der Waals surface area contributed by atoms with Gasteiger partial charge in [0.15, 0.2) is 5.67 Å². The number of halogens is 2. The highest BCUT2D eigenvalue weighted by atomic mass is 19.2. The summed E-state index contributed by atoms with van der Waals surface area (Å²) in [6.07, 6.45) is 6.86. The van der Waals surface area contributed by atoms with E-state index in [1.54, 1.807) is 18.2 Å². The number of hydrogen-bond donors (Lipinski definition) is 0. The van der Waals surface area contributed by atoms with Gasteiger partial charge in [-0.2, -0.15) is 0 Å². The third kappa shape index (κ3) is 4.10. The van der Waals surface area contributed by atoms with E-state index >= 15 is 8.78 Å². The molecule has 4 heteroatoms. The van der Waals surface area contributed by atoms with Gasteiger partial charge in [0.05, 0.1) is 12.7 Å². The molecule has 4 rings (SSSR count). The fraction of sp³-hybridized carbons (Fsp3) is 0.593.